The number of fused-ring (bicyclic) bond motifs is 1. The molecule has 3 aromatic carbocycles. The number of benzene rings is 3. The fraction of sp³-hybridized carbons (Fsp3) is 0.208. The van der Waals surface area contributed by atoms with Crippen LogP contribution in [-0.4, -0.2) is 19.1 Å². The first-order valence-corrected chi connectivity index (χ1v) is 9.50. The lowest BCUT2D eigenvalue weighted by atomic mass is 9.96. The first-order chi connectivity index (χ1) is 14.0. The number of amides is 1. The summed E-state index contributed by atoms with van der Waals surface area (Å²) in [6.45, 7) is 1.87. The van der Waals surface area contributed by atoms with Crippen LogP contribution in [0.1, 0.15) is 35.7 Å². The van der Waals surface area contributed by atoms with E-state index in [1.165, 1.54) is 0 Å². The lowest BCUT2D eigenvalue weighted by Crippen LogP contribution is -2.34. The Balaban J connectivity index is 1.78. The first kappa shape index (κ1) is 20.5. The molecule has 0 fully saturated rings. The predicted octanol–water partition coefficient (Wildman–Crippen LogP) is 6.05. The van der Waals surface area contributed by atoms with Crippen LogP contribution in [0.4, 0.5) is 8.78 Å². The van der Waals surface area contributed by atoms with E-state index >= 15 is 0 Å². The average molecular weight is 395 g/mol. The summed E-state index contributed by atoms with van der Waals surface area (Å²) in [5.74, 6) is 0.353. The number of methoxy groups -OCH3 is 1. The van der Waals surface area contributed by atoms with E-state index in [0.29, 0.717) is 23.3 Å². The molecule has 0 radical (unpaired) electrons. The first-order valence-electron chi connectivity index (χ1n) is 9.50. The zero-order valence-corrected chi connectivity index (χ0v) is 16.4. The fourth-order valence-electron chi connectivity index (χ4n) is 3.24. The number of halogens is 2. The highest BCUT2D eigenvalue weighted by Crippen LogP contribution is 2.29. The maximum absolute atomic E-state index is 13.8. The van der Waals surface area contributed by atoms with Gasteiger partial charge in [0.15, 0.2) is 0 Å². The molecule has 1 N–H and O–H groups in total. The lowest BCUT2D eigenvalue weighted by molar-refractivity contribution is 0.0936. The van der Waals surface area contributed by atoms with Gasteiger partial charge in [-0.3, -0.25) is 4.79 Å². The topological polar surface area (TPSA) is 38.3 Å². The average Bonchev–Trinajstić information content (AvgIpc) is 2.75. The summed E-state index contributed by atoms with van der Waals surface area (Å²) in [4.78, 5) is 12.5. The summed E-state index contributed by atoms with van der Waals surface area (Å²) in [6, 6.07) is 19.2. The Morgan fingerprint density at radius 2 is 1.62 bits per heavy atom. The van der Waals surface area contributed by atoms with Crippen molar-refractivity contribution in [3.05, 3.63) is 83.9 Å². The van der Waals surface area contributed by atoms with Gasteiger partial charge in [0.25, 0.3) is 12.0 Å². The van der Waals surface area contributed by atoms with Crippen LogP contribution >= 0.6 is 0 Å². The molecule has 3 aromatic rings. The van der Waals surface area contributed by atoms with Crippen LogP contribution in [0.15, 0.2) is 72.8 Å². The van der Waals surface area contributed by atoms with Crippen molar-refractivity contribution < 1.29 is 18.3 Å². The van der Waals surface area contributed by atoms with E-state index < -0.39 is 12.1 Å². The van der Waals surface area contributed by atoms with Crippen LogP contribution in [0.25, 0.3) is 16.3 Å². The maximum Gasteiger partial charge on any atom is 0.274 e. The molecular weight excluding hydrogens is 372 g/mol. The molecule has 3 nitrogen and oxygen atoms in total. The molecule has 29 heavy (non-hydrogen) atoms. The van der Waals surface area contributed by atoms with Gasteiger partial charge in [-0.2, -0.15) is 8.78 Å². The molecular formula is C24H23F2NO2. The van der Waals surface area contributed by atoms with Crippen molar-refractivity contribution >= 4 is 22.3 Å². The quantitative estimate of drug-likeness (QED) is 0.528. The molecule has 1 unspecified atom stereocenters. The lowest BCUT2D eigenvalue weighted by Gasteiger charge is -2.19. The highest BCUT2D eigenvalue weighted by atomic mass is 19.3. The highest BCUT2D eigenvalue weighted by molar-refractivity contribution is 5.94. The molecule has 1 amide bonds. The van der Waals surface area contributed by atoms with E-state index in [1.807, 2.05) is 37.3 Å². The van der Waals surface area contributed by atoms with Gasteiger partial charge >= 0.3 is 0 Å². The van der Waals surface area contributed by atoms with Gasteiger partial charge in [-0.15, -0.1) is 0 Å². The van der Waals surface area contributed by atoms with E-state index in [0.717, 1.165) is 10.8 Å². The predicted molar refractivity (Wildman–Crippen MR) is 112 cm³/mol. The standard InChI is InChI=1S/C24H23F2NO2/c1-3-20(27-24(28)17-10-12-21(29-2)13-11-17)15-22(23(25)26)19-9-8-16-6-4-5-7-18(16)14-19/h4-14,20H,3,15H2,1-2H3,(H,27,28). The van der Waals surface area contributed by atoms with Gasteiger partial charge in [0.2, 0.25) is 0 Å². The third kappa shape index (κ3) is 4.99. The van der Waals surface area contributed by atoms with Crippen LogP contribution in [0, 0.1) is 0 Å². The molecule has 3 rings (SSSR count). The minimum Gasteiger partial charge on any atom is -0.497 e. The Labute approximate surface area is 169 Å². The summed E-state index contributed by atoms with van der Waals surface area (Å²) in [6.07, 6.45) is -1.14. The van der Waals surface area contributed by atoms with Crippen molar-refractivity contribution in [2.45, 2.75) is 25.8 Å². The monoisotopic (exact) mass is 395 g/mol. The number of ether oxygens (including phenoxy) is 1. The zero-order chi connectivity index (χ0) is 20.8. The van der Waals surface area contributed by atoms with Crippen LogP contribution in [0.5, 0.6) is 5.75 Å². The molecule has 150 valence electrons. The third-order valence-electron chi connectivity index (χ3n) is 4.96. The van der Waals surface area contributed by atoms with Gasteiger partial charge in [-0.05, 0) is 59.5 Å². The second kappa shape index (κ2) is 9.32. The van der Waals surface area contributed by atoms with Gasteiger partial charge in [0.05, 0.1) is 7.11 Å². The van der Waals surface area contributed by atoms with Crippen LogP contribution in [0.3, 0.4) is 0 Å². The van der Waals surface area contributed by atoms with E-state index in [9.17, 15) is 13.6 Å². The summed E-state index contributed by atoms with van der Waals surface area (Å²) in [5.41, 5.74) is 0.889. The summed E-state index contributed by atoms with van der Waals surface area (Å²) in [7, 11) is 1.55. The summed E-state index contributed by atoms with van der Waals surface area (Å²) in [5, 5.41) is 4.76. The molecule has 0 heterocycles. The smallest absolute Gasteiger partial charge is 0.274 e. The molecule has 0 saturated heterocycles. The zero-order valence-electron chi connectivity index (χ0n) is 16.4. The van der Waals surface area contributed by atoms with Gasteiger partial charge in [0.1, 0.15) is 5.75 Å². The van der Waals surface area contributed by atoms with Crippen LogP contribution in [0.2, 0.25) is 0 Å². The molecule has 0 saturated carbocycles. The molecule has 0 bridgehead atoms. The van der Waals surface area contributed by atoms with Crippen LogP contribution in [-0.2, 0) is 0 Å². The Hall–Kier alpha value is -3.21. The molecule has 0 aliphatic carbocycles. The Morgan fingerprint density at radius 3 is 2.24 bits per heavy atom. The van der Waals surface area contributed by atoms with Gasteiger partial charge in [0, 0.05) is 17.2 Å². The van der Waals surface area contributed by atoms with Crippen molar-refractivity contribution in [2.75, 3.05) is 7.11 Å². The number of hydrogen-bond acceptors (Lipinski definition) is 2. The van der Waals surface area contributed by atoms with E-state index in [1.54, 1.807) is 43.5 Å². The van der Waals surface area contributed by atoms with E-state index in [-0.39, 0.29) is 17.9 Å². The minimum absolute atomic E-state index is 0.0439. The second-order valence-electron chi connectivity index (χ2n) is 6.81. The van der Waals surface area contributed by atoms with Crippen molar-refractivity contribution in [1.82, 2.24) is 5.32 Å². The molecule has 0 aliphatic rings. The normalized spacial score (nSPS) is 11.7. The summed E-state index contributed by atoms with van der Waals surface area (Å²) < 4.78 is 32.6. The largest absolute Gasteiger partial charge is 0.497 e. The summed E-state index contributed by atoms with van der Waals surface area (Å²) >= 11 is 0. The van der Waals surface area contributed by atoms with Gasteiger partial charge in [-0.1, -0.05) is 43.3 Å². The minimum atomic E-state index is -1.72. The fourth-order valence-corrected chi connectivity index (χ4v) is 3.24. The van der Waals surface area contributed by atoms with E-state index in [4.69, 9.17) is 4.74 Å². The van der Waals surface area contributed by atoms with Gasteiger partial charge in [-0.25, -0.2) is 0 Å². The second-order valence-corrected chi connectivity index (χ2v) is 6.81. The Kier molecular flexibility index (Phi) is 6.60. The SMILES string of the molecule is CCC(CC(=C(F)F)c1ccc2ccccc2c1)NC(=O)c1ccc(OC)cc1. The van der Waals surface area contributed by atoms with Gasteiger partial charge < -0.3 is 10.1 Å². The maximum atomic E-state index is 13.8. The van der Waals surface area contributed by atoms with Crippen molar-refractivity contribution in [2.24, 2.45) is 0 Å². The van der Waals surface area contributed by atoms with Crippen molar-refractivity contribution in [1.29, 1.82) is 0 Å². The highest BCUT2D eigenvalue weighted by Gasteiger charge is 2.18. The number of carbonyl (C=O) groups is 1. The molecule has 0 aromatic heterocycles. The molecule has 1 atom stereocenters. The number of rotatable bonds is 7. The Bertz CT molecular complexity index is 1020. The number of hydrogen-bond donors (Lipinski definition) is 1. The molecule has 5 heteroatoms. The van der Waals surface area contributed by atoms with Crippen molar-refractivity contribution in [3.63, 3.8) is 0 Å². The Morgan fingerprint density at radius 1 is 0.966 bits per heavy atom. The molecule has 0 aliphatic heterocycles. The van der Waals surface area contributed by atoms with Crippen molar-refractivity contribution in [3.8, 4) is 5.75 Å². The number of carbonyl (C=O) groups excluding carboxylic acids is 1. The third-order valence-corrected chi connectivity index (χ3v) is 4.96. The molecule has 0 spiro atoms. The van der Waals surface area contributed by atoms with E-state index in [2.05, 4.69) is 5.32 Å². The number of nitrogens with one attached hydrogen (secondary N) is 1. The van der Waals surface area contributed by atoms with Crippen LogP contribution < -0.4 is 10.1 Å².